The van der Waals surface area contributed by atoms with Crippen LogP contribution in [0.5, 0.6) is 11.5 Å². The van der Waals surface area contributed by atoms with Gasteiger partial charge >= 0.3 is 12.1 Å². The molecule has 0 spiro atoms. The van der Waals surface area contributed by atoms with Gasteiger partial charge in [0.25, 0.3) is 11.8 Å². The third-order valence-electron chi connectivity index (χ3n) is 14.1. The van der Waals surface area contributed by atoms with E-state index in [1.807, 2.05) is 24.3 Å². The molecule has 4 aromatic rings. The number of benzene rings is 3. The van der Waals surface area contributed by atoms with Gasteiger partial charge in [-0.25, -0.2) is 19.6 Å². The molecule has 21 nitrogen and oxygen atoms in total. The van der Waals surface area contributed by atoms with Crippen molar-refractivity contribution in [1.82, 2.24) is 41.9 Å². The number of nitrogens with two attached hydrogens (primary N) is 3. The molecule has 1 heterocycles. The first-order valence-corrected chi connectivity index (χ1v) is 29.0. The minimum Gasteiger partial charge on any atom is -0.491 e. The van der Waals surface area contributed by atoms with Crippen LogP contribution in [0.3, 0.4) is 0 Å². The summed E-state index contributed by atoms with van der Waals surface area (Å²) in [5.74, 6) is 0.866. The molecule has 0 aliphatic carbocycles. The molecular weight excluding hydrogens is 1080 g/mol. The molecule has 0 fully saturated rings. The van der Waals surface area contributed by atoms with Crippen molar-refractivity contribution in [3.05, 3.63) is 99.3 Å². The Labute approximate surface area is 489 Å². The van der Waals surface area contributed by atoms with Gasteiger partial charge in [0.15, 0.2) is 22.5 Å². The number of aromatic nitrogens is 2. The fourth-order valence-electron chi connectivity index (χ4n) is 9.09. The number of carbonyl (C=O) groups is 4. The van der Waals surface area contributed by atoms with E-state index in [2.05, 4.69) is 108 Å². The zero-order valence-electron chi connectivity index (χ0n) is 48.5. The SMILES string of the molecule is CCC[C@@H](CNC(=O)c1ccc(N)c(Cl)c1)[N+](C)(C)CCCc1ccc(OCCOCCNC(=O)NCCCCNC(=O)NCCOCCOc2ccc(CCC[N+](C)(C)[C@@H](CCC)CNC(=O)c3nc(Cl)c(N)nc3N)cc2)cc1. The molecule has 23 heteroatoms. The summed E-state index contributed by atoms with van der Waals surface area (Å²) in [6.45, 7) is 11.1. The van der Waals surface area contributed by atoms with E-state index in [0.29, 0.717) is 108 Å². The average molecular weight is 1170 g/mol. The molecule has 1 aromatic heterocycles. The number of likely N-dealkylation sites (N-methyl/N-ethyl adjacent to an activating group) is 2. The van der Waals surface area contributed by atoms with Crippen LogP contribution in [0, 0.1) is 0 Å². The number of nitrogens with one attached hydrogen (secondary N) is 6. The first-order valence-electron chi connectivity index (χ1n) is 28.3. The largest absolute Gasteiger partial charge is 0.491 e. The highest BCUT2D eigenvalue weighted by Gasteiger charge is 2.30. The van der Waals surface area contributed by atoms with Crippen LogP contribution in [0.15, 0.2) is 66.7 Å². The summed E-state index contributed by atoms with van der Waals surface area (Å²) in [5, 5.41) is 17.6. The van der Waals surface area contributed by atoms with Crippen molar-refractivity contribution < 1.29 is 47.1 Å². The van der Waals surface area contributed by atoms with Crippen molar-refractivity contribution in [3.8, 4) is 11.5 Å². The summed E-state index contributed by atoms with van der Waals surface area (Å²) in [5.41, 5.74) is 20.7. The van der Waals surface area contributed by atoms with Gasteiger partial charge in [0, 0.05) is 57.4 Å². The lowest BCUT2D eigenvalue weighted by atomic mass is 10.1. The molecule has 0 aliphatic heterocycles. The molecule has 0 aliphatic rings. The number of amides is 6. The molecular formula is C58H91Cl2N13O8+2. The van der Waals surface area contributed by atoms with Crippen LogP contribution in [0.25, 0.3) is 0 Å². The molecule has 12 N–H and O–H groups in total. The standard InChI is InChI=1S/C58H89Cl2N13O8/c1-7-13-45(40-68-55(74)44-21-26-50(61)49(59)39-44)72(3,4)31-11-15-42-17-22-47(23-18-42)80-37-35-78-33-29-66-57(76)64-27-9-10-28-65-58(77)67-30-34-79-36-38-81-48-24-19-43(20-25-48)16-12-32-73(5,6)46(14-8-2)41-69-56(75)51-53(62)71-54(63)52(60)70-51/h17-26,39,45-46H,7-16,27-38,40-41H2,1-6H3,(H10-2,61,62,63,64,65,66,67,68,69,71,74,75,76,77)/p+2/t45-,46-/m0/s1. The van der Waals surface area contributed by atoms with Crippen molar-refractivity contribution in [2.75, 3.05) is 137 Å². The van der Waals surface area contributed by atoms with E-state index in [-0.39, 0.29) is 52.5 Å². The summed E-state index contributed by atoms with van der Waals surface area (Å²) in [7, 11) is 8.82. The Morgan fingerprint density at radius 3 is 1.46 bits per heavy atom. The Kier molecular flexibility index (Phi) is 30.0. The number of ether oxygens (including phenoxy) is 4. The maximum absolute atomic E-state index is 12.9. The smallest absolute Gasteiger partial charge is 0.314 e. The number of quaternary nitrogens is 2. The van der Waals surface area contributed by atoms with E-state index in [1.165, 1.54) is 11.1 Å². The highest BCUT2D eigenvalue weighted by atomic mass is 35.5. The number of halogens is 2. The van der Waals surface area contributed by atoms with Crippen LogP contribution in [-0.2, 0) is 22.3 Å². The lowest BCUT2D eigenvalue weighted by Gasteiger charge is -2.38. The Bertz CT molecular complexity index is 2530. The predicted octanol–water partition coefficient (Wildman–Crippen LogP) is 6.62. The lowest BCUT2D eigenvalue weighted by molar-refractivity contribution is -0.914. The fraction of sp³-hybridized carbons (Fsp3) is 0.552. The highest BCUT2D eigenvalue weighted by molar-refractivity contribution is 6.33. The number of unbranched alkanes of at least 4 members (excludes halogenated alkanes) is 1. The zero-order chi connectivity index (χ0) is 59.0. The fourth-order valence-corrected chi connectivity index (χ4v) is 9.40. The van der Waals surface area contributed by atoms with E-state index >= 15 is 0 Å². The molecule has 6 amide bonds. The number of nitrogen functional groups attached to an aromatic ring is 3. The topological polar surface area (TPSA) is 281 Å². The first kappa shape index (κ1) is 67.1. The van der Waals surface area contributed by atoms with Gasteiger partial charge in [-0.1, -0.05) is 74.2 Å². The van der Waals surface area contributed by atoms with E-state index < -0.39 is 5.91 Å². The number of aryl methyl sites for hydroxylation is 2. The number of anilines is 3. The van der Waals surface area contributed by atoms with Gasteiger partial charge in [0.2, 0.25) is 0 Å². The molecule has 448 valence electrons. The Morgan fingerprint density at radius 2 is 1.00 bits per heavy atom. The minimum atomic E-state index is -0.433. The molecule has 0 saturated heterocycles. The third kappa shape index (κ3) is 25.5. The summed E-state index contributed by atoms with van der Waals surface area (Å²) in [6.07, 6.45) is 9.14. The van der Waals surface area contributed by atoms with Crippen LogP contribution in [0.1, 0.15) is 97.2 Å². The number of rotatable bonds is 39. The Hall–Kier alpha value is -6.36. The van der Waals surface area contributed by atoms with Gasteiger partial charge in [-0.3, -0.25) is 9.59 Å². The second-order valence-electron chi connectivity index (χ2n) is 21.2. The monoisotopic (exact) mass is 1170 g/mol. The minimum absolute atomic E-state index is 0.0179. The molecule has 81 heavy (non-hydrogen) atoms. The molecule has 0 unspecified atom stereocenters. The number of nitrogens with zero attached hydrogens (tertiary/aromatic N) is 4. The molecule has 3 aromatic carbocycles. The quantitative estimate of drug-likeness (QED) is 0.0129. The maximum atomic E-state index is 12.9. The predicted molar refractivity (Wildman–Crippen MR) is 322 cm³/mol. The van der Waals surface area contributed by atoms with E-state index in [4.69, 9.17) is 59.4 Å². The van der Waals surface area contributed by atoms with Gasteiger partial charge in [-0.15, -0.1) is 0 Å². The van der Waals surface area contributed by atoms with E-state index in [1.54, 1.807) is 18.2 Å². The summed E-state index contributed by atoms with van der Waals surface area (Å²) < 4.78 is 24.5. The van der Waals surface area contributed by atoms with Crippen LogP contribution in [-0.4, -0.2) is 175 Å². The third-order valence-corrected chi connectivity index (χ3v) is 14.7. The van der Waals surface area contributed by atoms with Crippen molar-refractivity contribution in [1.29, 1.82) is 0 Å². The summed E-state index contributed by atoms with van der Waals surface area (Å²) in [6, 6.07) is 21.1. The zero-order valence-corrected chi connectivity index (χ0v) is 50.0. The highest BCUT2D eigenvalue weighted by Crippen LogP contribution is 2.22. The molecule has 0 radical (unpaired) electrons. The second-order valence-corrected chi connectivity index (χ2v) is 21.9. The number of hydrogen-bond donors (Lipinski definition) is 9. The van der Waals surface area contributed by atoms with Crippen molar-refractivity contribution in [2.45, 2.75) is 90.1 Å². The van der Waals surface area contributed by atoms with Crippen LogP contribution in [0.2, 0.25) is 10.2 Å². The van der Waals surface area contributed by atoms with Crippen molar-refractivity contribution in [3.63, 3.8) is 0 Å². The van der Waals surface area contributed by atoms with Crippen LogP contribution < -0.4 is 58.6 Å². The molecule has 2 atom stereocenters. The molecule has 0 bridgehead atoms. The second kappa shape index (κ2) is 36.2. The summed E-state index contributed by atoms with van der Waals surface area (Å²) >= 11 is 12.1. The Balaban J connectivity index is 0.930. The number of hydrogen-bond acceptors (Lipinski definition) is 13. The van der Waals surface area contributed by atoms with Gasteiger partial charge in [-0.2, -0.15) is 0 Å². The molecule has 0 saturated carbocycles. The van der Waals surface area contributed by atoms with Gasteiger partial charge in [-0.05, 0) is 79.3 Å². The van der Waals surface area contributed by atoms with E-state index in [9.17, 15) is 19.2 Å². The van der Waals surface area contributed by atoms with Gasteiger partial charge < -0.3 is 77.0 Å². The van der Waals surface area contributed by atoms with Crippen LogP contribution >= 0.6 is 23.2 Å². The first-order chi connectivity index (χ1) is 38.8. The lowest BCUT2D eigenvalue weighted by Crippen LogP contribution is -2.54. The summed E-state index contributed by atoms with van der Waals surface area (Å²) in [4.78, 5) is 58.0. The van der Waals surface area contributed by atoms with E-state index in [0.717, 1.165) is 84.9 Å². The maximum Gasteiger partial charge on any atom is 0.314 e. The number of urea groups is 2. The Morgan fingerprint density at radius 1 is 0.543 bits per heavy atom. The van der Waals surface area contributed by atoms with Gasteiger partial charge in [0.1, 0.15) is 36.8 Å². The van der Waals surface area contributed by atoms with Crippen molar-refractivity contribution in [2.24, 2.45) is 0 Å². The normalized spacial score (nSPS) is 12.2. The average Bonchev–Trinajstić information content (AvgIpc) is 3.44. The molecule has 4 rings (SSSR count). The van der Waals surface area contributed by atoms with Crippen LogP contribution in [0.4, 0.5) is 26.9 Å². The number of carbonyl (C=O) groups excluding carboxylic acids is 4. The van der Waals surface area contributed by atoms with Gasteiger partial charge in [0.05, 0.1) is 91.5 Å². The van der Waals surface area contributed by atoms with Crippen molar-refractivity contribution >= 4 is 64.4 Å².